The average Bonchev–Trinajstić information content (AvgIpc) is 3.16. The molecule has 2 rings (SSSR count). The molecule has 0 aliphatic rings. The van der Waals surface area contributed by atoms with Crippen LogP contribution in [0.15, 0.2) is 4.52 Å². The highest BCUT2D eigenvalue weighted by molar-refractivity contribution is 5.96. The third kappa shape index (κ3) is 4.81. The number of Topliss-reactive ketones (excluding diaryl/α,β-unsaturated/α-hetero) is 1. The van der Waals surface area contributed by atoms with Crippen molar-refractivity contribution in [2.24, 2.45) is 0 Å². The first-order valence-corrected chi connectivity index (χ1v) is 9.44. The van der Waals surface area contributed by atoms with Crippen molar-refractivity contribution >= 4 is 11.7 Å². The van der Waals surface area contributed by atoms with Crippen molar-refractivity contribution < 1.29 is 14.1 Å². The molecule has 148 valence electrons. The van der Waals surface area contributed by atoms with Crippen LogP contribution in [0.1, 0.15) is 80.0 Å². The Hall–Kier alpha value is -2.51. The van der Waals surface area contributed by atoms with Crippen molar-refractivity contribution in [1.29, 1.82) is 0 Å². The molecule has 8 nitrogen and oxygen atoms in total. The molecule has 2 aromatic rings. The van der Waals surface area contributed by atoms with E-state index in [2.05, 4.69) is 15.2 Å². The summed E-state index contributed by atoms with van der Waals surface area (Å²) in [6, 6.07) is -0.153. The van der Waals surface area contributed by atoms with Gasteiger partial charge in [-0.25, -0.2) is 0 Å². The second-order valence-corrected chi connectivity index (χ2v) is 6.86. The standard InChI is InChI=1S/C19H29N5O3/c1-7-9-17-20-16(22-27-17)11-23(8-2)18(26)10-12(3)24-14(5)19(15(6)25)13(4)21-24/h12H,7-11H2,1-6H3. The number of nitrogens with zero attached hydrogens (tertiary/aromatic N) is 5. The van der Waals surface area contributed by atoms with Crippen LogP contribution >= 0.6 is 0 Å². The second kappa shape index (κ2) is 8.92. The Morgan fingerprint density at radius 2 is 1.96 bits per heavy atom. The summed E-state index contributed by atoms with van der Waals surface area (Å²) >= 11 is 0. The number of aromatic nitrogens is 4. The van der Waals surface area contributed by atoms with Gasteiger partial charge in [-0.1, -0.05) is 12.1 Å². The summed E-state index contributed by atoms with van der Waals surface area (Å²) in [7, 11) is 0. The SMILES string of the molecule is CCCc1nc(CN(CC)C(=O)CC(C)n2nc(C)c(C(C)=O)c2C)no1. The van der Waals surface area contributed by atoms with E-state index in [1.807, 2.05) is 34.6 Å². The minimum atomic E-state index is -0.153. The van der Waals surface area contributed by atoms with Crippen LogP contribution in [0, 0.1) is 13.8 Å². The third-order valence-electron chi connectivity index (χ3n) is 4.61. The van der Waals surface area contributed by atoms with Crippen molar-refractivity contribution in [1.82, 2.24) is 24.8 Å². The highest BCUT2D eigenvalue weighted by atomic mass is 16.5. The highest BCUT2D eigenvalue weighted by Gasteiger charge is 2.23. The Bertz CT molecular complexity index is 808. The average molecular weight is 375 g/mol. The summed E-state index contributed by atoms with van der Waals surface area (Å²) in [5, 5.41) is 8.42. The molecule has 1 unspecified atom stereocenters. The Morgan fingerprint density at radius 3 is 2.52 bits per heavy atom. The van der Waals surface area contributed by atoms with E-state index in [0.29, 0.717) is 36.1 Å². The van der Waals surface area contributed by atoms with E-state index in [1.54, 1.807) is 9.58 Å². The minimum absolute atomic E-state index is 0.00930. The molecule has 2 aromatic heterocycles. The molecule has 0 fully saturated rings. The molecule has 0 aromatic carbocycles. The van der Waals surface area contributed by atoms with Crippen LogP contribution in [0.3, 0.4) is 0 Å². The number of amides is 1. The second-order valence-electron chi connectivity index (χ2n) is 6.86. The minimum Gasteiger partial charge on any atom is -0.339 e. The lowest BCUT2D eigenvalue weighted by molar-refractivity contribution is -0.132. The normalized spacial score (nSPS) is 12.2. The zero-order chi connectivity index (χ0) is 20.1. The molecule has 0 N–H and O–H groups in total. The van der Waals surface area contributed by atoms with Gasteiger partial charge in [0.05, 0.1) is 23.8 Å². The van der Waals surface area contributed by atoms with Gasteiger partial charge in [-0.3, -0.25) is 14.3 Å². The fraction of sp³-hybridized carbons (Fsp3) is 0.632. The van der Waals surface area contributed by atoms with Gasteiger partial charge in [-0.2, -0.15) is 10.1 Å². The molecular formula is C19H29N5O3. The van der Waals surface area contributed by atoms with Crippen LogP contribution in [0.5, 0.6) is 0 Å². The predicted octanol–water partition coefficient (Wildman–Crippen LogP) is 3.04. The maximum absolute atomic E-state index is 12.8. The summed E-state index contributed by atoms with van der Waals surface area (Å²) in [5.41, 5.74) is 2.13. The summed E-state index contributed by atoms with van der Waals surface area (Å²) in [6.45, 7) is 12.0. The molecular weight excluding hydrogens is 346 g/mol. The zero-order valence-electron chi connectivity index (χ0n) is 17.1. The summed E-state index contributed by atoms with van der Waals surface area (Å²) in [5.74, 6) is 1.10. The number of carbonyl (C=O) groups excluding carboxylic acids is 2. The highest BCUT2D eigenvalue weighted by Crippen LogP contribution is 2.21. The van der Waals surface area contributed by atoms with E-state index >= 15 is 0 Å². The van der Waals surface area contributed by atoms with Gasteiger partial charge < -0.3 is 9.42 Å². The van der Waals surface area contributed by atoms with Crippen LogP contribution in [0.25, 0.3) is 0 Å². The molecule has 0 bridgehead atoms. The van der Waals surface area contributed by atoms with Gasteiger partial charge in [0.25, 0.3) is 0 Å². The third-order valence-corrected chi connectivity index (χ3v) is 4.61. The maximum atomic E-state index is 12.8. The summed E-state index contributed by atoms with van der Waals surface area (Å²) in [6.07, 6.45) is 1.95. The van der Waals surface area contributed by atoms with Crippen LogP contribution in [0.4, 0.5) is 0 Å². The van der Waals surface area contributed by atoms with Crippen LogP contribution in [0.2, 0.25) is 0 Å². The van der Waals surface area contributed by atoms with E-state index in [1.165, 1.54) is 6.92 Å². The van der Waals surface area contributed by atoms with Gasteiger partial charge in [0.15, 0.2) is 11.6 Å². The van der Waals surface area contributed by atoms with Gasteiger partial charge in [0.2, 0.25) is 11.8 Å². The number of aryl methyl sites for hydroxylation is 2. The van der Waals surface area contributed by atoms with E-state index in [9.17, 15) is 9.59 Å². The lowest BCUT2D eigenvalue weighted by atomic mass is 10.1. The molecule has 1 atom stereocenters. The molecule has 0 aliphatic heterocycles. The Morgan fingerprint density at radius 1 is 1.26 bits per heavy atom. The van der Waals surface area contributed by atoms with Gasteiger partial charge in [0, 0.05) is 25.1 Å². The molecule has 0 saturated carbocycles. The molecule has 0 aliphatic carbocycles. The first-order valence-electron chi connectivity index (χ1n) is 9.44. The smallest absolute Gasteiger partial charge is 0.226 e. The topological polar surface area (TPSA) is 94.1 Å². The molecule has 0 saturated heterocycles. The Kier molecular flexibility index (Phi) is 6.87. The van der Waals surface area contributed by atoms with Crippen LogP contribution in [-0.2, 0) is 17.8 Å². The van der Waals surface area contributed by atoms with E-state index in [0.717, 1.165) is 18.5 Å². The molecule has 27 heavy (non-hydrogen) atoms. The van der Waals surface area contributed by atoms with E-state index in [-0.39, 0.29) is 24.2 Å². The van der Waals surface area contributed by atoms with E-state index in [4.69, 9.17) is 4.52 Å². The molecule has 8 heteroatoms. The Balaban J connectivity index is 2.07. The zero-order valence-corrected chi connectivity index (χ0v) is 17.1. The number of hydrogen-bond acceptors (Lipinski definition) is 6. The van der Waals surface area contributed by atoms with Gasteiger partial charge in [0.1, 0.15) is 0 Å². The van der Waals surface area contributed by atoms with Crippen molar-refractivity contribution in [2.75, 3.05) is 6.54 Å². The predicted molar refractivity (Wildman–Crippen MR) is 100 cm³/mol. The quantitative estimate of drug-likeness (QED) is 0.625. The molecule has 0 radical (unpaired) electrons. The number of hydrogen-bond donors (Lipinski definition) is 0. The van der Waals surface area contributed by atoms with E-state index < -0.39 is 0 Å². The lowest BCUT2D eigenvalue weighted by Gasteiger charge is -2.22. The van der Waals surface area contributed by atoms with Crippen LogP contribution in [-0.4, -0.2) is 43.1 Å². The number of ketones is 1. The monoisotopic (exact) mass is 375 g/mol. The van der Waals surface area contributed by atoms with Crippen molar-refractivity contribution in [2.45, 2.75) is 73.4 Å². The number of carbonyl (C=O) groups is 2. The fourth-order valence-electron chi connectivity index (χ4n) is 3.29. The first-order chi connectivity index (χ1) is 12.8. The van der Waals surface area contributed by atoms with Crippen molar-refractivity contribution in [3.63, 3.8) is 0 Å². The maximum Gasteiger partial charge on any atom is 0.226 e. The molecule has 1 amide bonds. The lowest BCUT2D eigenvalue weighted by Crippen LogP contribution is -2.32. The number of rotatable bonds is 9. The first kappa shape index (κ1) is 20.8. The summed E-state index contributed by atoms with van der Waals surface area (Å²) < 4.78 is 6.96. The largest absolute Gasteiger partial charge is 0.339 e. The summed E-state index contributed by atoms with van der Waals surface area (Å²) in [4.78, 5) is 30.6. The van der Waals surface area contributed by atoms with Crippen LogP contribution < -0.4 is 0 Å². The van der Waals surface area contributed by atoms with Gasteiger partial charge >= 0.3 is 0 Å². The fourth-order valence-corrected chi connectivity index (χ4v) is 3.29. The molecule has 0 spiro atoms. The van der Waals surface area contributed by atoms with Crippen molar-refractivity contribution in [3.05, 3.63) is 28.7 Å². The molecule has 2 heterocycles. The van der Waals surface area contributed by atoms with Gasteiger partial charge in [-0.05, 0) is 41.0 Å². The van der Waals surface area contributed by atoms with Crippen molar-refractivity contribution in [3.8, 4) is 0 Å². The Labute approximate surface area is 159 Å². The van der Waals surface area contributed by atoms with Gasteiger partial charge in [-0.15, -0.1) is 0 Å².